The Morgan fingerprint density at radius 2 is 1.46 bits per heavy atom. The van der Waals surface area contributed by atoms with Gasteiger partial charge in [0.05, 0.1) is 13.7 Å². The zero-order chi connectivity index (χ0) is 18.9. The molecule has 0 aromatic heterocycles. The predicted molar refractivity (Wildman–Crippen MR) is 111 cm³/mol. The van der Waals surface area contributed by atoms with E-state index < -0.39 is 0 Å². The van der Waals surface area contributed by atoms with Crippen LogP contribution in [0.5, 0.6) is 5.75 Å². The van der Waals surface area contributed by atoms with E-state index in [4.69, 9.17) is 16.3 Å². The van der Waals surface area contributed by atoms with Gasteiger partial charge in [0.2, 0.25) is 0 Å². The Morgan fingerprint density at radius 3 is 2.04 bits per heavy atom. The van der Waals surface area contributed by atoms with E-state index in [0.717, 1.165) is 23.2 Å². The molecule has 0 fully saturated rings. The minimum atomic E-state index is 0.453. The molecule has 0 spiro atoms. The molecular formula is C23H33ClNO+. The van der Waals surface area contributed by atoms with E-state index in [1.54, 1.807) is 7.11 Å². The second-order valence-electron chi connectivity index (χ2n) is 7.59. The Hall–Kier alpha value is -1.51. The van der Waals surface area contributed by atoms with Crippen LogP contribution in [-0.4, -0.2) is 13.7 Å². The van der Waals surface area contributed by atoms with Gasteiger partial charge in [0, 0.05) is 17.0 Å². The highest BCUT2D eigenvalue weighted by atomic mass is 35.5. The molecule has 2 rings (SSSR count). The third-order valence-electron chi connectivity index (χ3n) is 5.11. The van der Waals surface area contributed by atoms with E-state index in [0.29, 0.717) is 12.0 Å². The number of nitrogens with two attached hydrogens (primary N) is 1. The first-order valence-electron chi connectivity index (χ1n) is 9.72. The Kier molecular flexibility index (Phi) is 8.47. The fourth-order valence-corrected chi connectivity index (χ4v) is 3.46. The van der Waals surface area contributed by atoms with Crippen molar-refractivity contribution < 1.29 is 10.1 Å². The summed E-state index contributed by atoms with van der Waals surface area (Å²) in [6.07, 6.45) is 3.70. The topological polar surface area (TPSA) is 25.8 Å². The van der Waals surface area contributed by atoms with Crippen LogP contribution < -0.4 is 10.1 Å². The lowest BCUT2D eigenvalue weighted by Gasteiger charge is -2.19. The first-order valence-corrected chi connectivity index (χ1v) is 10.1. The lowest BCUT2D eigenvalue weighted by atomic mass is 9.88. The number of halogens is 1. The van der Waals surface area contributed by atoms with Gasteiger partial charge in [-0.1, -0.05) is 56.1 Å². The van der Waals surface area contributed by atoms with Crippen molar-refractivity contribution in [2.24, 2.45) is 5.92 Å². The summed E-state index contributed by atoms with van der Waals surface area (Å²) in [5, 5.41) is 3.24. The van der Waals surface area contributed by atoms with Crippen molar-refractivity contribution in [1.82, 2.24) is 0 Å². The van der Waals surface area contributed by atoms with Crippen molar-refractivity contribution in [2.75, 3.05) is 13.7 Å². The molecule has 2 aromatic rings. The monoisotopic (exact) mass is 374 g/mol. The van der Waals surface area contributed by atoms with Gasteiger partial charge >= 0.3 is 0 Å². The molecule has 0 amide bonds. The summed E-state index contributed by atoms with van der Waals surface area (Å²) >= 11 is 5.99. The van der Waals surface area contributed by atoms with Crippen LogP contribution in [0.2, 0.25) is 5.02 Å². The first kappa shape index (κ1) is 20.8. The van der Waals surface area contributed by atoms with Gasteiger partial charge in [-0.3, -0.25) is 0 Å². The number of ether oxygens (including phenoxy) is 1. The summed E-state index contributed by atoms with van der Waals surface area (Å²) in [4.78, 5) is 0. The molecule has 0 aliphatic rings. The van der Waals surface area contributed by atoms with Crippen molar-refractivity contribution in [2.45, 2.75) is 52.0 Å². The Labute approximate surface area is 163 Å². The van der Waals surface area contributed by atoms with E-state index in [1.165, 1.54) is 30.4 Å². The lowest BCUT2D eigenvalue weighted by Crippen LogP contribution is -2.84. The van der Waals surface area contributed by atoms with Crippen LogP contribution in [0, 0.1) is 5.92 Å². The molecule has 0 unspecified atom stereocenters. The molecule has 0 bridgehead atoms. The van der Waals surface area contributed by atoms with Crippen LogP contribution in [0.15, 0.2) is 48.5 Å². The van der Waals surface area contributed by atoms with E-state index in [-0.39, 0.29) is 0 Å². The van der Waals surface area contributed by atoms with Crippen molar-refractivity contribution in [3.05, 3.63) is 64.7 Å². The van der Waals surface area contributed by atoms with Gasteiger partial charge in [0.25, 0.3) is 0 Å². The molecule has 0 aliphatic carbocycles. The van der Waals surface area contributed by atoms with Crippen molar-refractivity contribution in [1.29, 1.82) is 0 Å². The molecule has 142 valence electrons. The molecule has 3 heteroatoms. The van der Waals surface area contributed by atoms with Gasteiger partial charge in [-0.2, -0.15) is 0 Å². The molecule has 2 N–H and O–H groups in total. The Bertz CT molecular complexity index is 636. The van der Waals surface area contributed by atoms with Crippen LogP contribution in [0.1, 0.15) is 63.1 Å². The van der Waals surface area contributed by atoms with Crippen LogP contribution in [0.4, 0.5) is 0 Å². The smallest absolute Gasteiger partial charge is 0.118 e. The van der Waals surface area contributed by atoms with Crippen LogP contribution in [0.3, 0.4) is 0 Å². The van der Waals surface area contributed by atoms with Gasteiger partial charge in [-0.25, -0.2) is 0 Å². The Morgan fingerprint density at radius 1 is 0.846 bits per heavy atom. The summed E-state index contributed by atoms with van der Waals surface area (Å²) in [6, 6.07) is 17.3. The average Bonchev–Trinajstić information content (AvgIpc) is 2.65. The van der Waals surface area contributed by atoms with Gasteiger partial charge < -0.3 is 10.1 Å². The summed E-state index contributed by atoms with van der Waals surface area (Å²) < 4.78 is 5.30. The maximum Gasteiger partial charge on any atom is 0.118 e. The number of hydrogen-bond acceptors (Lipinski definition) is 1. The molecule has 26 heavy (non-hydrogen) atoms. The molecule has 2 nitrogen and oxygen atoms in total. The average molecular weight is 375 g/mol. The van der Waals surface area contributed by atoms with Crippen molar-refractivity contribution >= 4 is 11.6 Å². The van der Waals surface area contributed by atoms with Crippen LogP contribution in [0.25, 0.3) is 0 Å². The largest absolute Gasteiger partial charge is 0.497 e. The number of quaternary nitrogens is 1. The zero-order valence-corrected chi connectivity index (χ0v) is 17.3. The van der Waals surface area contributed by atoms with Gasteiger partial charge in [-0.05, 0) is 55.0 Å². The molecule has 0 radical (unpaired) electrons. The summed E-state index contributed by atoms with van der Waals surface area (Å²) in [5.74, 6) is 2.28. The zero-order valence-electron chi connectivity index (χ0n) is 16.5. The maximum atomic E-state index is 5.99. The number of benzene rings is 2. The fraction of sp³-hybridized carbons (Fsp3) is 0.478. The molecule has 0 heterocycles. The second kappa shape index (κ2) is 10.6. The normalized spacial score (nSPS) is 13.6. The molecule has 2 aromatic carbocycles. The van der Waals surface area contributed by atoms with Crippen LogP contribution >= 0.6 is 11.6 Å². The maximum absolute atomic E-state index is 5.99. The minimum absolute atomic E-state index is 0.453. The molecular weight excluding hydrogens is 342 g/mol. The molecule has 2 atom stereocenters. The van der Waals surface area contributed by atoms with Crippen molar-refractivity contribution in [3.63, 3.8) is 0 Å². The van der Waals surface area contributed by atoms with Crippen molar-refractivity contribution in [3.8, 4) is 5.75 Å². The predicted octanol–water partition coefficient (Wildman–Crippen LogP) is 5.58. The quantitative estimate of drug-likeness (QED) is 0.576. The summed E-state index contributed by atoms with van der Waals surface area (Å²) in [7, 11) is 1.72. The summed E-state index contributed by atoms with van der Waals surface area (Å²) in [6.45, 7) is 8.00. The van der Waals surface area contributed by atoms with E-state index in [1.807, 2.05) is 12.1 Å². The highest BCUT2D eigenvalue weighted by Crippen LogP contribution is 2.27. The number of methoxy groups -OCH3 is 1. The van der Waals surface area contributed by atoms with Gasteiger partial charge in [0.1, 0.15) is 11.8 Å². The second-order valence-corrected chi connectivity index (χ2v) is 8.03. The van der Waals surface area contributed by atoms with E-state index >= 15 is 0 Å². The highest BCUT2D eigenvalue weighted by molar-refractivity contribution is 6.30. The van der Waals surface area contributed by atoms with E-state index in [2.05, 4.69) is 62.5 Å². The number of hydrogen-bond donors (Lipinski definition) is 1. The third kappa shape index (κ3) is 6.66. The minimum Gasteiger partial charge on any atom is -0.497 e. The third-order valence-corrected chi connectivity index (χ3v) is 5.36. The number of rotatable bonds is 10. The van der Waals surface area contributed by atoms with E-state index in [9.17, 15) is 0 Å². The SMILES string of the molecule is COc1ccc([C@@H](CC[NH2+][C@H](C)c2ccc(Cl)cc2)CCC(C)C)cc1. The lowest BCUT2D eigenvalue weighted by molar-refractivity contribution is -0.693. The highest BCUT2D eigenvalue weighted by Gasteiger charge is 2.15. The summed E-state index contributed by atoms with van der Waals surface area (Å²) in [5.41, 5.74) is 2.76. The molecule has 0 aliphatic heterocycles. The molecule has 0 saturated heterocycles. The first-order chi connectivity index (χ1) is 12.5. The molecule has 0 saturated carbocycles. The fourth-order valence-electron chi connectivity index (χ4n) is 3.34. The van der Waals surface area contributed by atoms with Gasteiger partial charge in [-0.15, -0.1) is 0 Å². The standard InChI is InChI=1S/C23H32ClNO/c1-17(2)5-6-21(20-9-13-23(26-4)14-10-20)15-16-25-18(3)19-7-11-22(24)12-8-19/h7-14,17-18,21,25H,5-6,15-16H2,1-4H3/p+1/t18-,21-/m1/s1. The van der Waals surface area contributed by atoms with Crippen LogP contribution in [-0.2, 0) is 0 Å². The van der Waals surface area contributed by atoms with Gasteiger partial charge in [0.15, 0.2) is 0 Å². The Balaban J connectivity index is 1.93.